The van der Waals surface area contributed by atoms with Crippen LogP contribution >= 0.6 is 0 Å². The molecule has 0 saturated heterocycles. The Labute approximate surface area is 121 Å². The SMILES string of the molecule is c1ccc(-c2ncoc2-c2cccc3cccnc23)nc1. The Hall–Kier alpha value is -3.01. The Bertz CT molecular complexity index is 895. The van der Waals surface area contributed by atoms with Crippen molar-refractivity contribution in [3.05, 3.63) is 67.3 Å². The van der Waals surface area contributed by atoms with Crippen molar-refractivity contribution in [2.75, 3.05) is 0 Å². The third-order valence-electron chi connectivity index (χ3n) is 3.35. The largest absolute Gasteiger partial charge is 0.443 e. The standard InChI is InChI=1S/C17H11N3O/c1-2-9-18-14(8-1)16-17(21-11-20-16)13-7-3-5-12-6-4-10-19-15(12)13/h1-11H. The van der Waals surface area contributed by atoms with Gasteiger partial charge in [0.2, 0.25) is 0 Å². The fourth-order valence-electron chi connectivity index (χ4n) is 2.41. The van der Waals surface area contributed by atoms with Crippen LogP contribution in [0.3, 0.4) is 0 Å². The molecule has 3 heterocycles. The summed E-state index contributed by atoms with van der Waals surface area (Å²) in [4.78, 5) is 13.1. The van der Waals surface area contributed by atoms with Crippen molar-refractivity contribution in [2.24, 2.45) is 0 Å². The summed E-state index contributed by atoms with van der Waals surface area (Å²) in [5, 5.41) is 1.07. The molecule has 0 fully saturated rings. The van der Waals surface area contributed by atoms with E-state index in [-0.39, 0.29) is 0 Å². The average Bonchev–Trinajstić information content (AvgIpc) is 3.04. The molecule has 0 aliphatic carbocycles. The van der Waals surface area contributed by atoms with Crippen molar-refractivity contribution >= 4 is 10.9 Å². The van der Waals surface area contributed by atoms with Crippen LogP contribution < -0.4 is 0 Å². The fourth-order valence-corrected chi connectivity index (χ4v) is 2.41. The normalized spacial score (nSPS) is 10.9. The number of rotatable bonds is 2. The summed E-state index contributed by atoms with van der Waals surface area (Å²) in [6.07, 6.45) is 4.97. The van der Waals surface area contributed by atoms with Crippen LogP contribution in [0.1, 0.15) is 0 Å². The van der Waals surface area contributed by atoms with Crippen LogP contribution in [0, 0.1) is 0 Å². The van der Waals surface area contributed by atoms with Crippen molar-refractivity contribution in [2.45, 2.75) is 0 Å². The van der Waals surface area contributed by atoms with Crippen LogP contribution in [0.15, 0.2) is 71.7 Å². The van der Waals surface area contributed by atoms with E-state index in [0.29, 0.717) is 5.76 Å². The molecule has 0 unspecified atom stereocenters. The van der Waals surface area contributed by atoms with Gasteiger partial charge in [-0.15, -0.1) is 0 Å². The summed E-state index contributed by atoms with van der Waals surface area (Å²) < 4.78 is 5.62. The molecular weight excluding hydrogens is 262 g/mol. The predicted molar refractivity (Wildman–Crippen MR) is 80.5 cm³/mol. The third-order valence-corrected chi connectivity index (χ3v) is 3.35. The van der Waals surface area contributed by atoms with Gasteiger partial charge in [-0.05, 0) is 24.3 Å². The number of pyridine rings is 2. The second kappa shape index (κ2) is 4.83. The Morgan fingerprint density at radius 3 is 2.57 bits per heavy atom. The lowest BCUT2D eigenvalue weighted by Crippen LogP contribution is -1.88. The number of nitrogens with zero attached hydrogens (tertiary/aromatic N) is 3. The predicted octanol–water partition coefficient (Wildman–Crippen LogP) is 3.95. The Balaban J connectivity index is 1.97. The zero-order valence-corrected chi connectivity index (χ0v) is 11.1. The van der Waals surface area contributed by atoms with Crippen LogP contribution in [0.4, 0.5) is 0 Å². The van der Waals surface area contributed by atoms with Gasteiger partial charge in [-0.2, -0.15) is 0 Å². The van der Waals surface area contributed by atoms with E-state index in [0.717, 1.165) is 27.9 Å². The van der Waals surface area contributed by atoms with Gasteiger partial charge >= 0.3 is 0 Å². The smallest absolute Gasteiger partial charge is 0.182 e. The molecule has 1 aromatic carbocycles. The molecule has 0 N–H and O–H groups in total. The maximum absolute atomic E-state index is 5.62. The maximum atomic E-state index is 5.62. The number of aromatic nitrogens is 3. The summed E-state index contributed by atoms with van der Waals surface area (Å²) in [5.74, 6) is 0.693. The number of hydrogen-bond acceptors (Lipinski definition) is 4. The van der Waals surface area contributed by atoms with Crippen molar-refractivity contribution in [3.63, 3.8) is 0 Å². The van der Waals surface area contributed by atoms with Gasteiger partial charge in [0.1, 0.15) is 5.69 Å². The van der Waals surface area contributed by atoms with Crippen LogP contribution in [0.5, 0.6) is 0 Å². The van der Waals surface area contributed by atoms with Crippen LogP contribution in [0.25, 0.3) is 33.6 Å². The first kappa shape index (κ1) is 11.8. The van der Waals surface area contributed by atoms with Crippen LogP contribution in [0.2, 0.25) is 0 Å². The molecular formula is C17H11N3O. The molecule has 0 radical (unpaired) electrons. The van der Waals surface area contributed by atoms with E-state index in [4.69, 9.17) is 4.42 Å². The van der Waals surface area contributed by atoms with Gasteiger partial charge < -0.3 is 4.42 Å². The monoisotopic (exact) mass is 273 g/mol. The molecule has 4 rings (SSSR count). The summed E-state index contributed by atoms with van der Waals surface area (Å²) in [7, 11) is 0. The van der Waals surface area contributed by atoms with Gasteiger partial charge in [0.05, 0.1) is 11.2 Å². The molecule has 21 heavy (non-hydrogen) atoms. The van der Waals surface area contributed by atoms with E-state index in [1.54, 1.807) is 12.4 Å². The van der Waals surface area contributed by atoms with Gasteiger partial charge in [0, 0.05) is 23.3 Å². The van der Waals surface area contributed by atoms with Gasteiger partial charge in [0.15, 0.2) is 12.2 Å². The minimum Gasteiger partial charge on any atom is -0.443 e. The first-order valence-electron chi connectivity index (χ1n) is 6.62. The highest BCUT2D eigenvalue weighted by molar-refractivity contribution is 5.94. The highest BCUT2D eigenvalue weighted by atomic mass is 16.3. The molecule has 0 spiro atoms. The van der Waals surface area contributed by atoms with Crippen molar-refractivity contribution < 1.29 is 4.42 Å². The Kier molecular flexibility index (Phi) is 2.71. The quantitative estimate of drug-likeness (QED) is 0.555. The first-order chi connectivity index (χ1) is 10.4. The van der Waals surface area contributed by atoms with E-state index in [2.05, 4.69) is 15.0 Å². The zero-order chi connectivity index (χ0) is 14.1. The van der Waals surface area contributed by atoms with Gasteiger partial charge in [-0.25, -0.2) is 4.98 Å². The lowest BCUT2D eigenvalue weighted by molar-refractivity contribution is 0.572. The zero-order valence-electron chi connectivity index (χ0n) is 11.1. The molecule has 100 valence electrons. The average molecular weight is 273 g/mol. The van der Waals surface area contributed by atoms with Gasteiger partial charge in [-0.3, -0.25) is 9.97 Å². The molecule has 0 bridgehead atoms. The van der Waals surface area contributed by atoms with E-state index in [9.17, 15) is 0 Å². The molecule has 0 saturated carbocycles. The summed E-state index contributed by atoms with van der Waals surface area (Å²) in [6.45, 7) is 0. The molecule has 0 atom stereocenters. The van der Waals surface area contributed by atoms with Gasteiger partial charge in [0.25, 0.3) is 0 Å². The third kappa shape index (κ3) is 1.97. The molecule has 0 amide bonds. The molecule has 4 nitrogen and oxygen atoms in total. The second-order valence-electron chi connectivity index (χ2n) is 4.63. The number of hydrogen-bond donors (Lipinski definition) is 0. The minimum atomic E-state index is 0.693. The topological polar surface area (TPSA) is 51.8 Å². The lowest BCUT2D eigenvalue weighted by Gasteiger charge is -2.04. The van der Waals surface area contributed by atoms with Crippen LogP contribution in [-0.2, 0) is 0 Å². The highest BCUT2D eigenvalue weighted by Gasteiger charge is 2.16. The number of oxazole rings is 1. The van der Waals surface area contributed by atoms with E-state index < -0.39 is 0 Å². The molecule has 4 aromatic rings. The number of para-hydroxylation sites is 1. The van der Waals surface area contributed by atoms with E-state index in [1.807, 2.05) is 48.5 Å². The molecule has 0 aliphatic heterocycles. The Morgan fingerprint density at radius 2 is 1.67 bits per heavy atom. The van der Waals surface area contributed by atoms with Crippen molar-refractivity contribution in [3.8, 4) is 22.7 Å². The van der Waals surface area contributed by atoms with E-state index >= 15 is 0 Å². The molecule has 4 heteroatoms. The van der Waals surface area contributed by atoms with Crippen molar-refractivity contribution in [1.29, 1.82) is 0 Å². The molecule has 0 aliphatic rings. The summed E-state index contributed by atoms with van der Waals surface area (Å²) in [6, 6.07) is 15.7. The highest BCUT2D eigenvalue weighted by Crippen LogP contribution is 2.33. The van der Waals surface area contributed by atoms with Gasteiger partial charge in [-0.1, -0.05) is 24.3 Å². The number of fused-ring (bicyclic) bond motifs is 1. The second-order valence-corrected chi connectivity index (χ2v) is 4.63. The van der Waals surface area contributed by atoms with Crippen LogP contribution in [-0.4, -0.2) is 15.0 Å². The van der Waals surface area contributed by atoms with E-state index in [1.165, 1.54) is 6.39 Å². The maximum Gasteiger partial charge on any atom is 0.182 e. The first-order valence-corrected chi connectivity index (χ1v) is 6.62. The fraction of sp³-hybridized carbons (Fsp3) is 0. The lowest BCUT2D eigenvalue weighted by atomic mass is 10.1. The minimum absolute atomic E-state index is 0.693. The van der Waals surface area contributed by atoms with Crippen molar-refractivity contribution in [1.82, 2.24) is 15.0 Å². The summed E-state index contributed by atoms with van der Waals surface area (Å²) >= 11 is 0. The number of benzene rings is 1. The molecule has 3 aromatic heterocycles. The Morgan fingerprint density at radius 1 is 0.762 bits per heavy atom. The summed E-state index contributed by atoms with van der Waals surface area (Å²) in [5.41, 5.74) is 3.34.